The Labute approximate surface area is 137 Å². The molecule has 1 aliphatic heterocycles. The van der Waals surface area contributed by atoms with E-state index in [0.29, 0.717) is 0 Å². The van der Waals surface area contributed by atoms with Crippen LogP contribution >= 0.6 is 0 Å². The number of H-pyrrole nitrogens is 1. The number of rotatable bonds is 7. The van der Waals surface area contributed by atoms with Gasteiger partial charge in [-0.2, -0.15) is 0 Å². The van der Waals surface area contributed by atoms with Crippen molar-refractivity contribution in [3.8, 4) is 17.1 Å². The maximum absolute atomic E-state index is 5.59. The van der Waals surface area contributed by atoms with E-state index in [2.05, 4.69) is 16.8 Å². The molecule has 0 fully saturated rings. The molecule has 0 saturated carbocycles. The van der Waals surface area contributed by atoms with Gasteiger partial charge in [-0.25, -0.2) is 4.98 Å². The number of hydrogen-bond donors (Lipinski definition) is 1. The van der Waals surface area contributed by atoms with Gasteiger partial charge in [0.05, 0.1) is 25.1 Å². The van der Waals surface area contributed by atoms with Crippen molar-refractivity contribution in [1.82, 2.24) is 14.9 Å². The molecule has 1 aromatic heterocycles. The van der Waals surface area contributed by atoms with Gasteiger partial charge in [-0.3, -0.25) is 4.90 Å². The molecule has 23 heavy (non-hydrogen) atoms. The van der Waals surface area contributed by atoms with E-state index < -0.39 is 0 Å². The van der Waals surface area contributed by atoms with Gasteiger partial charge in [0.1, 0.15) is 11.6 Å². The zero-order chi connectivity index (χ0) is 16.1. The van der Waals surface area contributed by atoms with Crippen molar-refractivity contribution in [2.24, 2.45) is 0 Å². The minimum atomic E-state index is 0.808. The van der Waals surface area contributed by atoms with E-state index in [0.717, 1.165) is 62.8 Å². The van der Waals surface area contributed by atoms with Gasteiger partial charge in [0.2, 0.25) is 0 Å². The Hall–Kier alpha value is -1.85. The highest BCUT2D eigenvalue weighted by molar-refractivity contribution is 5.57. The van der Waals surface area contributed by atoms with Gasteiger partial charge in [0.25, 0.3) is 0 Å². The minimum Gasteiger partial charge on any atom is -0.497 e. The number of hydrogen-bond acceptors (Lipinski definition) is 4. The number of methoxy groups -OCH3 is 1. The molecule has 124 valence electrons. The maximum Gasteiger partial charge on any atom is 0.137 e. The molecular formula is C18H25N3O2. The van der Waals surface area contributed by atoms with Crippen LogP contribution in [0, 0.1) is 0 Å². The highest BCUT2D eigenvalue weighted by Crippen LogP contribution is 2.24. The molecular weight excluding hydrogens is 290 g/mol. The van der Waals surface area contributed by atoms with Gasteiger partial charge in [-0.1, -0.05) is 6.92 Å². The van der Waals surface area contributed by atoms with Gasteiger partial charge in [0.15, 0.2) is 0 Å². The Kier molecular flexibility index (Phi) is 5.31. The van der Waals surface area contributed by atoms with E-state index >= 15 is 0 Å². The van der Waals surface area contributed by atoms with Gasteiger partial charge in [-0.15, -0.1) is 0 Å². The first kappa shape index (κ1) is 16.0. The van der Waals surface area contributed by atoms with Crippen molar-refractivity contribution in [2.45, 2.75) is 26.3 Å². The van der Waals surface area contributed by atoms with Gasteiger partial charge in [-0.05, 0) is 30.7 Å². The molecule has 1 N–H and O–H groups in total. The fourth-order valence-electron chi connectivity index (χ4n) is 2.87. The first-order valence-electron chi connectivity index (χ1n) is 8.32. The van der Waals surface area contributed by atoms with E-state index in [-0.39, 0.29) is 0 Å². The lowest BCUT2D eigenvalue weighted by molar-refractivity contribution is 0.0990. The first-order valence-corrected chi connectivity index (χ1v) is 8.32. The largest absolute Gasteiger partial charge is 0.497 e. The standard InChI is InChI=1S/C18H25N3O2/c1-3-11-23-12-10-21-9-8-16-17(13-21)20-18(19-16)14-4-6-15(22-2)7-5-14/h4-7H,3,8-13H2,1-2H3,(H,19,20). The summed E-state index contributed by atoms with van der Waals surface area (Å²) in [5.41, 5.74) is 3.53. The summed E-state index contributed by atoms with van der Waals surface area (Å²) in [6, 6.07) is 8.02. The second-order valence-electron chi connectivity index (χ2n) is 5.88. The summed E-state index contributed by atoms with van der Waals surface area (Å²) in [6.07, 6.45) is 2.08. The third kappa shape index (κ3) is 3.92. The van der Waals surface area contributed by atoms with Crippen LogP contribution in [0.4, 0.5) is 0 Å². The van der Waals surface area contributed by atoms with Crippen LogP contribution in [0.25, 0.3) is 11.4 Å². The van der Waals surface area contributed by atoms with Crippen LogP contribution in [-0.4, -0.2) is 48.3 Å². The third-order valence-corrected chi connectivity index (χ3v) is 4.17. The summed E-state index contributed by atoms with van der Waals surface area (Å²) in [4.78, 5) is 10.7. The second kappa shape index (κ2) is 7.62. The fraction of sp³-hybridized carbons (Fsp3) is 0.500. The molecule has 0 bridgehead atoms. The number of ether oxygens (including phenoxy) is 2. The average Bonchev–Trinajstić information content (AvgIpc) is 3.02. The molecule has 2 aromatic rings. The first-order chi connectivity index (χ1) is 11.3. The molecule has 5 heteroatoms. The van der Waals surface area contributed by atoms with Crippen LogP contribution in [0.2, 0.25) is 0 Å². The Morgan fingerprint density at radius 3 is 2.78 bits per heavy atom. The van der Waals surface area contributed by atoms with Crippen LogP contribution in [0.5, 0.6) is 5.75 Å². The Bertz CT molecular complexity index is 622. The van der Waals surface area contributed by atoms with Crippen molar-refractivity contribution in [3.05, 3.63) is 35.7 Å². The van der Waals surface area contributed by atoms with Gasteiger partial charge >= 0.3 is 0 Å². The van der Waals surface area contributed by atoms with E-state index in [1.165, 1.54) is 11.4 Å². The van der Waals surface area contributed by atoms with Crippen LogP contribution in [-0.2, 0) is 17.7 Å². The predicted molar refractivity (Wildman–Crippen MR) is 90.7 cm³/mol. The van der Waals surface area contributed by atoms with Gasteiger partial charge < -0.3 is 14.5 Å². The maximum atomic E-state index is 5.59. The molecule has 0 atom stereocenters. The van der Waals surface area contributed by atoms with Crippen molar-refractivity contribution in [1.29, 1.82) is 0 Å². The second-order valence-corrected chi connectivity index (χ2v) is 5.88. The predicted octanol–water partition coefficient (Wildman–Crippen LogP) is 2.87. The molecule has 0 amide bonds. The van der Waals surface area contributed by atoms with E-state index in [4.69, 9.17) is 14.5 Å². The highest BCUT2D eigenvalue weighted by atomic mass is 16.5. The lowest BCUT2D eigenvalue weighted by Crippen LogP contribution is -2.33. The summed E-state index contributed by atoms with van der Waals surface area (Å²) in [6.45, 7) is 6.76. The zero-order valence-electron chi connectivity index (χ0n) is 14.0. The van der Waals surface area contributed by atoms with Crippen LogP contribution < -0.4 is 4.74 Å². The molecule has 1 aromatic carbocycles. The topological polar surface area (TPSA) is 50.4 Å². The summed E-state index contributed by atoms with van der Waals surface area (Å²) in [5.74, 6) is 1.81. The van der Waals surface area contributed by atoms with E-state index in [9.17, 15) is 0 Å². The molecule has 1 aliphatic rings. The van der Waals surface area contributed by atoms with Crippen LogP contribution in [0.15, 0.2) is 24.3 Å². The summed E-state index contributed by atoms with van der Waals surface area (Å²) >= 11 is 0. The van der Waals surface area contributed by atoms with Crippen molar-refractivity contribution >= 4 is 0 Å². The van der Waals surface area contributed by atoms with Crippen molar-refractivity contribution in [3.63, 3.8) is 0 Å². The zero-order valence-corrected chi connectivity index (χ0v) is 14.0. The monoisotopic (exact) mass is 315 g/mol. The summed E-state index contributed by atoms with van der Waals surface area (Å²) < 4.78 is 10.8. The molecule has 5 nitrogen and oxygen atoms in total. The minimum absolute atomic E-state index is 0.808. The van der Waals surface area contributed by atoms with Crippen LogP contribution in [0.3, 0.4) is 0 Å². The molecule has 0 aliphatic carbocycles. The van der Waals surface area contributed by atoms with Crippen molar-refractivity contribution < 1.29 is 9.47 Å². The lowest BCUT2D eigenvalue weighted by atomic mass is 10.1. The molecule has 0 saturated heterocycles. The summed E-state index contributed by atoms with van der Waals surface area (Å²) in [5, 5.41) is 0. The van der Waals surface area contributed by atoms with E-state index in [1.807, 2.05) is 24.3 Å². The summed E-state index contributed by atoms with van der Waals surface area (Å²) in [7, 11) is 1.68. The molecule has 0 radical (unpaired) electrons. The third-order valence-electron chi connectivity index (χ3n) is 4.17. The average molecular weight is 315 g/mol. The number of aromatic nitrogens is 2. The molecule has 0 unspecified atom stereocenters. The van der Waals surface area contributed by atoms with Gasteiger partial charge in [0, 0.05) is 38.2 Å². The number of benzene rings is 1. The quantitative estimate of drug-likeness (QED) is 0.798. The molecule has 0 spiro atoms. The Morgan fingerprint density at radius 2 is 2.04 bits per heavy atom. The number of nitrogens with one attached hydrogen (secondary N) is 1. The van der Waals surface area contributed by atoms with Crippen molar-refractivity contribution in [2.75, 3.05) is 33.4 Å². The number of nitrogens with zero attached hydrogens (tertiary/aromatic N) is 2. The highest BCUT2D eigenvalue weighted by Gasteiger charge is 2.20. The molecule has 2 heterocycles. The number of fused-ring (bicyclic) bond motifs is 1. The lowest BCUT2D eigenvalue weighted by Gasteiger charge is -2.25. The Morgan fingerprint density at radius 1 is 1.22 bits per heavy atom. The van der Waals surface area contributed by atoms with Crippen LogP contribution in [0.1, 0.15) is 24.7 Å². The SMILES string of the molecule is CCCOCCN1CCc2nc(-c3ccc(OC)cc3)[nH]c2C1. The fourth-order valence-corrected chi connectivity index (χ4v) is 2.87. The smallest absolute Gasteiger partial charge is 0.137 e. The normalized spacial score (nSPS) is 14.7. The van der Waals surface area contributed by atoms with E-state index in [1.54, 1.807) is 7.11 Å². The number of aromatic amines is 1. The molecule has 3 rings (SSSR count). The number of imidazole rings is 1. The Balaban J connectivity index is 1.63.